The van der Waals surface area contributed by atoms with Crippen LogP contribution in [0.2, 0.25) is 0 Å². The Kier molecular flexibility index (Phi) is 5.63. The van der Waals surface area contributed by atoms with Crippen molar-refractivity contribution in [1.82, 2.24) is 20.1 Å². The number of carbonyl (C=O) groups excluding carboxylic acids is 1. The molecule has 1 amide bonds. The van der Waals surface area contributed by atoms with Crippen LogP contribution in [0.5, 0.6) is 5.88 Å². The van der Waals surface area contributed by atoms with Gasteiger partial charge in [0, 0.05) is 24.5 Å². The highest BCUT2D eigenvalue weighted by molar-refractivity contribution is 5.93. The van der Waals surface area contributed by atoms with E-state index in [4.69, 9.17) is 10.00 Å². The first kappa shape index (κ1) is 20.1. The van der Waals surface area contributed by atoms with Gasteiger partial charge >= 0.3 is 0 Å². The average Bonchev–Trinajstić information content (AvgIpc) is 3.29. The topological polar surface area (TPSA) is 94.9 Å². The average molecular weight is 411 g/mol. The van der Waals surface area contributed by atoms with E-state index in [1.54, 1.807) is 36.3 Å². The number of aromatic amines is 1. The van der Waals surface area contributed by atoms with Gasteiger partial charge in [0.15, 0.2) is 0 Å². The molecule has 154 valence electrons. The predicted octanol–water partition coefficient (Wildman–Crippen LogP) is 4.17. The van der Waals surface area contributed by atoms with Crippen molar-refractivity contribution in [2.45, 2.75) is 13.5 Å². The smallest absolute Gasteiger partial charge is 0.272 e. The minimum Gasteiger partial charge on any atom is -0.478 e. The fraction of sp³-hybridized carbons (Fsp3) is 0.167. The van der Waals surface area contributed by atoms with E-state index in [1.165, 1.54) is 0 Å². The molecule has 7 nitrogen and oxygen atoms in total. The molecule has 0 aliphatic rings. The standard InChI is InChI=1S/C24H21N5O2/c1-3-31-23-20(17-9-7-16(13-25)8-10-17)11-12-21(27-23)24(30)29(2)15-19-6-4-5-18-14-26-28-22(18)19/h4-12,14H,3,15H2,1-2H3,(H,26,28). The Morgan fingerprint density at radius 3 is 2.71 bits per heavy atom. The SMILES string of the molecule is CCOc1nc(C(=O)N(C)Cc2cccc3cn[nH]c23)ccc1-c1ccc(C#N)cc1. The normalized spacial score (nSPS) is 10.6. The highest BCUT2D eigenvalue weighted by Gasteiger charge is 2.18. The largest absolute Gasteiger partial charge is 0.478 e. The second-order valence-corrected chi connectivity index (χ2v) is 7.08. The van der Waals surface area contributed by atoms with Crippen molar-refractivity contribution in [3.8, 4) is 23.1 Å². The summed E-state index contributed by atoms with van der Waals surface area (Å²) in [6.07, 6.45) is 1.76. The van der Waals surface area contributed by atoms with Gasteiger partial charge in [-0.05, 0) is 42.3 Å². The maximum absolute atomic E-state index is 13.1. The van der Waals surface area contributed by atoms with Crippen LogP contribution in [0, 0.1) is 11.3 Å². The first-order valence-electron chi connectivity index (χ1n) is 9.91. The van der Waals surface area contributed by atoms with Gasteiger partial charge in [0.2, 0.25) is 5.88 Å². The fourth-order valence-electron chi connectivity index (χ4n) is 3.44. The molecule has 0 radical (unpaired) electrons. The van der Waals surface area contributed by atoms with Crippen molar-refractivity contribution in [3.05, 3.63) is 77.6 Å². The van der Waals surface area contributed by atoms with E-state index in [0.29, 0.717) is 30.3 Å². The van der Waals surface area contributed by atoms with Crippen LogP contribution in [-0.2, 0) is 6.54 Å². The molecular formula is C24H21N5O2. The predicted molar refractivity (Wildman–Crippen MR) is 117 cm³/mol. The number of benzene rings is 2. The number of para-hydroxylation sites is 1. The zero-order valence-electron chi connectivity index (χ0n) is 17.3. The van der Waals surface area contributed by atoms with Crippen molar-refractivity contribution >= 4 is 16.8 Å². The summed E-state index contributed by atoms with van der Waals surface area (Å²) >= 11 is 0. The molecule has 0 saturated heterocycles. The maximum atomic E-state index is 13.1. The molecule has 7 heteroatoms. The third-order valence-electron chi connectivity index (χ3n) is 5.00. The Hall–Kier alpha value is -4.18. The Labute approximate surface area is 179 Å². The van der Waals surface area contributed by atoms with Crippen LogP contribution in [0.1, 0.15) is 28.5 Å². The Morgan fingerprint density at radius 2 is 1.97 bits per heavy atom. The van der Waals surface area contributed by atoms with Crippen LogP contribution < -0.4 is 4.74 Å². The molecule has 2 heterocycles. The number of nitrogens with one attached hydrogen (secondary N) is 1. The van der Waals surface area contributed by atoms with Crippen LogP contribution in [0.25, 0.3) is 22.0 Å². The molecule has 4 aromatic rings. The van der Waals surface area contributed by atoms with Crippen molar-refractivity contribution in [2.24, 2.45) is 0 Å². The van der Waals surface area contributed by atoms with Gasteiger partial charge in [-0.15, -0.1) is 0 Å². The number of carbonyl (C=O) groups is 1. The van der Waals surface area contributed by atoms with Crippen molar-refractivity contribution < 1.29 is 9.53 Å². The highest BCUT2D eigenvalue weighted by Crippen LogP contribution is 2.29. The lowest BCUT2D eigenvalue weighted by atomic mass is 10.0. The van der Waals surface area contributed by atoms with E-state index in [2.05, 4.69) is 21.3 Å². The number of H-pyrrole nitrogens is 1. The first-order valence-corrected chi connectivity index (χ1v) is 9.91. The fourth-order valence-corrected chi connectivity index (χ4v) is 3.44. The molecular weight excluding hydrogens is 390 g/mol. The number of fused-ring (bicyclic) bond motifs is 1. The lowest BCUT2D eigenvalue weighted by Crippen LogP contribution is -2.27. The summed E-state index contributed by atoms with van der Waals surface area (Å²) in [5, 5.41) is 17.1. The summed E-state index contributed by atoms with van der Waals surface area (Å²) in [4.78, 5) is 19.2. The van der Waals surface area contributed by atoms with Crippen molar-refractivity contribution in [2.75, 3.05) is 13.7 Å². The van der Waals surface area contributed by atoms with E-state index in [1.807, 2.05) is 43.3 Å². The molecule has 0 fully saturated rings. The van der Waals surface area contributed by atoms with Gasteiger partial charge in [-0.25, -0.2) is 4.98 Å². The second-order valence-electron chi connectivity index (χ2n) is 7.08. The maximum Gasteiger partial charge on any atom is 0.272 e. The number of hydrogen-bond acceptors (Lipinski definition) is 5. The summed E-state index contributed by atoms with van der Waals surface area (Å²) in [7, 11) is 1.74. The van der Waals surface area contributed by atoms with E-state index in [9.17, 15) is 4.79 Å². The molecule has 1 N–H and O–H groups in total. The van der Waals surface area contributed by atoms with Gasteiger partial charge in [-0.1, -0.05) is 30.3 Å². The van der Waals surface area contributed by atoms with Gasteiger partial charge < -0.3 is 9.64 Å². The minimum absolute atomic E-state index is 0.205. The quantitative estimate of drug-likeness (QED) is 0.514. The second kappa shape index (κ2) is 8.67. The van der Waals surface area contributed by atoms with Crippen LogP contribution in [-0.4, -0.2) is 39.6 Å². The van der Waals surface area contributed by atoms with Crippen LogP contribution in [0.15, 0.2) is 60.8 Å². The number of amides is 1. The highest BCUT2D eigenvalue weighted by atomic mass is 16.5. The number of ether oxygens (including phenoxy) is 1. The zero-order valence-corrected chi connectivity index (χ0v) is 17.3. The molecule has 0 saturated carbocycles. The zero-order chi connectivity index (χ0) is 21.8. The number of rotatable bonds is 6. The van der Waals surface area contributed by atoms with Crippen molar-refractivity contribution in [3.63, 3.8) is 0 Å². The number of pyridine rings is 1. The van der Waals surface area contributed by atoms with Gasteiger partial charge in [0.05, 0.1) is 30.0 Å². The third-order valence-corrected chi connectivity index (χ3v) is 5.00. The minimum atomic E-state index is -0.205. The molecule has 0 unspecified atom stereocenters. The molecule has 0 aliphatic heterocycles. The molecule has 0 spiro atoms. The van der Waals surface area contributed by atoms with E-state index in [-0.39, 0.29) is 5.91 Å². The number of hydrogen-bond donors (Lipinski definition) is 1. The molecule has 31 heavy (non-hydrogen) atoms. The van der Waals surface area contributed by atoms with Crippen LogP contribution in [0.3, 0.4) is 0 Å². The van der Waals surface area contributed by atoms with E-state index < -0.39 is 0 Å². The molecule has 0 atom stereocenters. The number of aromatic nitrogens is 3. The summed E-state index contributed by atoms with van der Waals surface area (Å²) in [5.41, 5.74) is 4.42. The number of nitriles is 1. The first-order chi connectivity index (χ1) is 15.1. The Balaban J connectivity index is 1.61. The van der Waals surface area contributed by atoms with Gasteiger partial charge in [-0.3, -0.25) is 9.89 Å². The summed E-state index contributed by atoms with van der Waals surface area (Å²) in [6.45, 7) is 2.71. The summed E-state index contributed by atoms with van der Waals surface area (Å²) in [5.74, 6) is 0.186. The Bertz CT molecular complexity index is 1270. The van der Waals surface area contributed by atoms with Gasteiger partial charge in [-0.2, -0.15) is 10.4 Å². The van der Waals surface area contributed by atoms with E-state index in [0.717, 1.165) is 27.6 Å². The molecule has 0 aliphatic carbocycles. The summed E-state index contributed by atoms with van der Waals surface area (Å²) < 4.78 is 5.72. The monoisotopic (exact) mass is 411 g/mol. The Morgan fingerprint density at radius 1 is 1.16 bits per heavy atom. The number of nitrogens with zero attached hydrogens (tertiary/aromatic N) is 4. The molecule has 2 aromatic carbocycles. The summed E-state index contributed by atoms with van der Waals surface area (Å²) in [6, 6.07) is 18.7. The van der Waals surface area contributed by atoms with Gasteiger partial charge in [0.1, 0.15) is 5.69 Å². The molecule has 4 rings (SSSR count). The molecule has 2 aromatic heterocycles. The van der Waals surface area contributed by atoms with Crippen LogP contribution >= 0.6 is 0 Å². The van der Waals surface area contributed by atoms with Crippen LogP contribution in [0.4, 0.5) is 0 Å². The molecule has 0 bridgehead atoms. The van der Waals surface area contributed by atoms with Crippen molar-refractivity contribution in [1.29, 1.82) is 5.26 Å². The lowest BCUT2D eigenvalue weighted by Gasteiger charge is -2.18. The lowest BCUT2D eigenvalue weighted by molar-refractivity contribution is 0.0778. The van der Waals surface area contributed by atoms with Gasteiger partial charge in [0.25, 0.3) is 5.91 Å². The van der Waals surface area contributed by atoms with E-state index >= 15 is 0 Å². The third kappa shape index (κ3) is 4.09.